The van der Waals surface area contributed by atoms with Crippen LogP contribution in [-0.4, -0.2) is 16.2 Å². The van der Waals surface area contributed by atoms with Crippen molar-refractivity contribution in [1.29, 1.82) is 5.41 Å². The lowest BCUT2D eigenvalue weighted by molar-refractivity contribution is 1.23. The summed E-state index contributed by atoms with van der Waals surface area (Å²) in [5.74, 6) is 0. The average molecular weight is 183 g/mol. The molecule has 2 aromatic heterocycles. The number of hydrogen-bond acceptors (Lipinski definition) is 3. The van der Waals surface area contributed by atoms with Gasteiger partial charge in [0.15, 0.2) is 0 Å². The Morgan fingerprint density at radius 2 is 1.86 bits per heavy atom. The molecule has 2 rings (SSSR count). The molecule has 0 amide bonds. The molecule has 0 unspecified atom stereocenters. The van der Waals surface area contributed by atoms with Crippen LogP contribution in [-0.2, 0) is 0 Å². The zero-order valence-corrected chi connectivity index (χ0v) is 7.51. The van der Waals surface area contributed by atoms with E-state index in [2.05, 4.69) is 9.97 Å². The van der Waals surface area contributed by atoms with E-state index < -0.39 is 0 Å². The maximum absolute atomic E-state index is 7.09. The third-order valence-electron chi connectivity index (χ3n) is 1.85. The molecule has 0 saturated carbocycles. The molecule has 2 aromatic rings. The predicted molar refractivity (Wildman–Crippen MR) is 55.4 cm³/mol. The number of aromatic nitrogens is 2. The fraction of sp³-hybridized carbons (Fsp3) is 0. The van der Waals surface area contributed by atoms with E-state index >= 15 is 0 Å². The van der Waals surface area contributed by atoms with E-state index in [-0.39, 0.29) is 0 Å². The molecule has 0 aliphatic heterocycles. The highest BCUT2D eigenvalue weighted by Crippen LogP contribution is 2.12. The highest BCUT2D eigenvalue weighted by molar-refractivity contribution is 5.75. The van der Waals surface area contributed by atoms with Gasteiger partial charge >= 0.3 is 0 Å². The molecule has 3 nitrogen and oxygen atoms in total. The van der Waals surface area contributed by atoms with Crippen LogP contribution < -0.4 is 0 Å². The van der Waals surface area contributed by atoms with Crippen LogP contribution in [0.4, 0.5) is 0 Å². The molecule has 0 saturated heterocycles. The first-order valence-corrected chi connectivity index (χ1v) is 4.29. The fourth-order valence-corrected chi connectivity index (χ4v) is 1.19. The Kier molecular flexibility index (Phi) is 2.32. The van der Waals surface area contributed by atoms with Gasteiger partial charge in [0.25, 0.3) is 0 Å². The van der Waals surface area contributed by atoms with E-state index in [1.165, 1.54) is 6.21 Å². The van der Waals surface area contributed by atoms with Crippen LogP contribution in [0, 0.1) is 5.41 Å². The molecule has 0 radical (unpaired) electrons. The van der Waals surface area contributed by atoms with Crippen LogP contribution in [0.2, 0.25) is 0 Å². The second-order valence-electron chi connectivity index (χ2n) is 2.81. The molecule has 0 aliphatic rings. The Hall–Kier alpha value is -2.03. The van der Waals surface area contributed by atoms with Gasteiger partial charge in [0.1, 0.15) is 0 Å². The highest BCUT2D eigenvalue weighted by atomic mass is 14.8. The third kappa shape index (κ3) is 1.66. The van der Waals surface area contributed by atoms with Crippen LogP contribution in [0.5, 0.6) is 0 Å². The summed E-state index contributed by atoms with van der Waals surface area (Å²) in [6.45, 7) is 0. The Bertz CT molecular complexity index is 437. The lowest BCUT2D eigenvalue weighted by atomic mass is 10.2. The van der Waals surface area contributed by atoms with Gasteiger partial charge in [0.2, 0.25) is 0 Å². The third-order valence-corrected chi connectivity index (χ3v) is 1.85. The van der Waals surface area contributed by atoms with Crippen molar-refractivity contribution < 1.29 is 0 Å². The second-order valence-corrected chi connectivity index (χ2v) is 2.81. The topological polar surface area (TPSA) is 49.6 Å². The molecule has 0 bridgehead atoms. The minimum atomic E-state index is 0.646. The van der Waals surface area contributed by atoms with Gasteiger partial charge in [-0.3, -0.25) is 4.98 Å². The van der Waals surface area contributed by atoms with Crippen molar-refractivity contribution in [3.63, 3.8) is 0 Å². The van der Waals surface area contributed by atoms with E-state index in [4.69, 9.17) is 5.41 Å². The normalized spacial score (nSPS) is 9.71. The summed E-state index contributed by atoms with van der Waals surface area (Å²) in [7, 11) is 0. The summed E-state index contributed by atoms with van der Waals surface area (Å²) < 4.78 is 0. The molecule has 0 aliphatic carbocycles. The van der Waals surface area contributed by atoms with Gasteiger partial charge in [0, 0.05) is 12.4 Å². The molecular weight excluding hydrogens is 174 g/mol. The lowest BCUT2D eigenvalue weighted by Crippen LogP contribution is -1.90. The van der Waals surface area contributed by atoms with Crippen molar-refractivity contribution in [2.75, 3.05) is 0 Å². The molecule has 3 heteroatoms. The second kappa shape index (κ2) is 3.79. The zero-order chi connectivity index (χ0) is 9.80. The van der Waals surface area contributed by atoms with Crippen LogP contribution in [0.25, 0.3) is 11.4 Å². The molecular formula is C11H9N3. The van der Waals surface area contributed by atoms with Crippen molar-refractivity contribution in [3.8, 4) is 11.4 Å². The zero-order valence-electron chi connectivity index (χ0n) is 7.51. The monoisotopic (exact) mass is 183 g/mol. The highest BCUT2D eigenvalue weighted by Gasteiger charge is 1.99. The quantitative estimate of drug-likeness (QED) is 0.725. The summed E-state index contributed by atoms with van der Waals surface area (Å²) in [4.78, 5) is 8.44. The van der Waals surface area contributed by atoms with E-state index in [1.54, 1.807) is 12.3 Å². The number of nitrogens with one attached hydrogen (secondary N) is 1. The lowest BCUT2D eigenvalue weighted by Gasteiger charge is -1.99. The molecule has 68 valence electrons. The molecule has 1 N–H and O–H groups in total. The molecule has 2 heterocycles. The van der Waals surface area contributed by atoms with E-state index in [9.17, 15) is 0 Å². The smallest absolute Gasteiger partial charge is 0.0894 e. The Morgan fingerprint density at radius 1 is 1.00 bits per heavy atom. The van der Waals surface area contributed by atoms with E-state index in [0.29, 0.717) is 5.69 Å². The van der Waals surface area contributed by atoms with Gasteiger partial charge in [0.05, 0.1) is 17.1 Å². The first-order chi connectivity index (χ1) is 6.90. The molecule has 0 atom stereocenters. The van der Waals surface area contributed by atoms with Crippen LogP contribution >= 0.6 is 0 Å². The van der Waals surface area contributed by atoms with E-state index in [0.717, 1.165) is 11.4 Å². The van der Waals surface area contributed by atoms with Gasteiger partial charge in [-0.05, 0) is 24.3 Å². The fourth-order valence-electron chi connectivity index (χ4n) is 1.19. The Balaban J connectivity index is 2.47. The van der Waals surface area contributed by atoms with Gasteiger partial charge in [-0.1, -0.05) is 12.1 Å². The van der Waals surface area contributed by atoms with Crippen molar-refractivity contribution in [2.24, 2.45) is 0 Å². The summed E-state index contributed by atoms with van der Waals surface area (Å²) in [5, 5.41) is 7.09. The van der Waals surface area contributed by atoms with Gasteiger partial charge in [-0.25, -0.2) is 4.98 Å². The number of rotatable bonds is 2. The van der Waals surface area contributed by atoms with Gasteiger partial charge in [-0.2, -0.15) is 0 Å². The van der Waals surface area contributed by atoms with Gasteiger partial charge < -0.3 is 5.41 Å². The van der Waals surface area contributed by atoms with E-state index in [1.807, 2.05) is 30.3 Å². The number of pyridine rings is 2. The first-order valence-electron chi connectivity index (χ1n) is 4.29. The van der Waals surface area contributed by atoms with Crippen molar-refractivity contribution >= 4 is 6.21 Å². The van der Waals surface area contributed by atoms with Gasteiger partial charge in [-0.15, -0.1) is 0 Å². The average Bonchev–Trinajstić information content (AvgIpc) is 2.30. The maximum atomic E-state index is 7.09. The predicted octanol–water partition coefficient (Wildman–Crippen LogP) is 2.14. The molecule has 0 spiro atoms. The largest absolute Gasteiger partial charge is 0.307 e. The molecule has 14 heavy (non-hydrogen) atoms. The van der Waals surface area contributed by atoms with Crippen LogP contribution in [0.15, 0.2) is 42.6 Å². The molecule has 0 aromatic carbocycles. The Labute approximate surface area is 82.0 Å². The minimum absolute atomic E-state index is 0.646. The van der Waals surface area contributed by atoms with Crippen molar-refractivity contribution in [3.05, 3.63) is 48.3 Å². The van der Waals surface area contributed by atoms with Crippen molar-refractivity contribution in [1.82, 2.24) is 9.97 Å². The summed E-state index contributed by atoms with van der Waals surface area (Å²) in [6.07, 6.45) is 2.96. The number of nitrogens with zero attached hydrogens (tertiary/aromatic N) is 2. The maximum Gasteiger partial charge on any atom is 0.0894 e. The van der Waals surface area contributed by atoms with Crippen molar-refractivity contribution in [2.45, 2.75) is 0 Å². The minimum Gasteiger partial charge on any atom is -0.307 e. The standard InChI is InChI=1S/C11H9N3/c12-8-9-4-3-6-11(14-9)10-5-1-2-7-13-10/h1-8,12H. The summed E-state index contributed by atoms with van der Waals surface area (Å²) >= 11 is 0. The number of hydrogen-bond donors (Lipinski definition) is 1. The summed E-state index contributed by atoms with van der Waals surface area (Å²) in [6, 6.07) is 11.2. The summed E-state index contributed by atoms with van der Waals surface area (Å²) in [5.41, 5.74) is 2.27. The van der Waals surface area contributed by atoms with Crippen LogP contribution in [0.1, 0.15) is 5.69 Å². The first kappa shape index (κ1) is 8.56. The van der Waals surface area contributed by atoms with Crippen LogP contribution in [0.3, 0.4) is 0 Å². The SMILES string of the molecule is N=Cc1cccc(-c2ccccn2)n1. The Morgan fingerprint density at radius 3 is 2.57 bits per heavy atom. The molecule has 0 fully saturated rings.